The zero-order chi connectivity index (χ0) is 20.9. The van der Waals surface area contributed by atoms with Crippen LogP contribution in [-0.4, -0.2) is 31.5 Å². The van der Waals surface area contributed by atoms with Gasteiger partial charge in [-0.3, -0.25) is 4.99 Å². The Hall–Kier alpha value is -2.81. The molecular formula is C21H22ClN5O2S. The van der Waals surface area contributed by atoms with Crippen LogP contribution in [0.2, 0.25) is 5.02 Å². The Morgan fingerprint density at radius 3 is 2.77 bits per heavy atom. The summed E-state index contributed by atoms with van der Waals surface area (Å²) in [5.41, 5.74) is 9.98. The zero-order valence-electron chi connectivity index (χ0n) is 16.2. The van der Waals surface area contributed by atoms with Gasteiger partial charge in [-0.2, -0.15) is 0 Å². The van der Waals surface area contributed by atoms with Gasteiger partial charge in [-0.25, -0.2) is 4.79 Å². The molecule has 9 heteroatoms. The van der Waals surface area contributed by atoms with Crippen LogP contribution in [0.3, 0.4) is 0 Å². The smallest absolute Gasteiger partial charge is 0.323 e. The van der Waals surface area contributed by atoms with E-state index in [4.69, 9.17) is 22.1 Å². The summed E-state index contributed by atoms with van der Waals surface area (Å²) in [5, 5.41) is 11.3. The number of nitrogens with zero attached hydrogens (tertiary/aromatic N) is 1. The van der Waals surface area contributed by atoms with Crippen molar-refractivity contribution in [2.45, 2.75) is 18.9 Å². The largest absolute Gasteiger partial charge is 0.403 e. The van der Waals surface area contributed by atoms with Gasteiger partial charge < -0.3 is 26.4 Å². The first-order valence-electron chi connectivity index (χ1n) is 9.56. The Balaban J connectivity index is 1.37. The number of carbonyl (C=O) groups is 1. The normalized spacial score (nSPS) is 16.3. The lowest BCUT2D eigenvalue weighted by Crippen LogP contribution is -2.44. The van der Waals surface area contributed by atoms with E-state index in [9.17, 15) is 4.79 Å². The summed E-state index contributed by atoms with van der Waals surface area (Å²) >= 11 is 7.70. The summed E-state index contributed by atoms with van der Waals surface area (Å²) in [6.07, 6.45) is 5.09. The molecule has 0 bridgehead atoms. The average molecular weight is 444 g/mol. The van der Waals surface area contributed by atoms with Crippen LogP contribution < -0.4 is 21.7 Å². The molecular weight excluding hydrogens is 422 g/mol. The molecule has 0 atom stereocenters. The number of ether oxygens (including phenoxy) is 1. The van der Waals surface area contributed by atoms with E-state index < -0.39 is 6.03 Å². The summed E-state index contributed by atoms with van der Waals surface area (Å²) in [4.78, 5) is 17.8. The number of allylic oxidation sites excluding steroid dienone is 2. The Morgan fingerprint density at radius 2 is 2.10 bits per heavy atom. The molecule has 1 aliphatic heterocycles. The van der Waals surface area contributed by atoms with E-state index in [1.165, 1.54) is 23.7 Å². The number of carbonyl (C=O) groups excluding carboxylic acids is 1. The van der Waals surface area contributed by atoms with Crippen molar-refractivity contribution in [3.8, 4) is 0 Å². The molecule has 7 nitrogen and oxygen atoms in total. The molecule has 0 radical (unpaired) electrons. The average Bonchev–Trinajstić information content (AvgIpc) is 3.43. The van der Waals surface area contributed by atoms with Gasteiger partial charge in [-0.05, 0) is 36.6 Å². The van der Waals surface area contributed by atoms with Crippen LogP contribution in [0.25, 0.3) is 5.70 Å². The maximum Gasteiger partial charge on any atom is 0.323 e. The molecule has 0 unspecified atom stereocenters. The predicted molar refractivity (Wildman–Crippen MR) is 122 cm³/mol. The topological polar surface area (TPSA) is 101 Å². The third-order valence-electron chi connectivity index (χ3n) is 4.58. The molecule has 30 heavy (non-hydrogen) atoms. The lowest BCUT2D eigenvalue weighted by atomic mass is 10.2. The van der Waals surface area contributed by atoms with E-state index in [1.54, 1.807) is 35.6 Å². The van der Waals surface area contributed by atoms with Gasteiger partial charge in [-0.1, -0.05) is 23.7 Å². The molecule has 0 spiro atoms. The number of hydrogen-bond donors (Lipinski definition) is 4. The van der Waals surface area contributed by atoms with E-state index in [0.29, 0.717) is 22.4 Å². The maximum absolute atomic E-state index is 12.2. The molecule has 4 rings (SSSR count). The van der Waals surface area contributed by atoms with Crippen LogP contribution in [0.5, 0.6) is 0 Å². The number of para-hydroxylation sites is 1. The van der Waals surface area contributed by atoms with Crippen molar-refractivity contribution in [1.82, 2.24) is 10.6 Å². The minimum absolute atomic E-state index is 0.373. The molecule has 5 N–H and O–H groups in total. The van der Waals surface area contributed by atoms with E-state index in [2.05, 4.69) is 20.9 Å². The van der Waals surface area contributed by atoms with Gasteiger partial charge in [0.05, 0.1) is 58.1 Å². The summed E-state index contributed by atoms with van der Waals surface area (Å²) in [6.45, 7) is 1.50. The van der Waals surface area contributed by atoms with Crippen LogP contribution in [0.1, 0.15) is 17.7 Å². The molecule has 2 aromatic rings. The third kappa shape index (κ3) is 5.21. The second-order valence-corrected chi connectivity index (χ2v) is 8.28. The van der Waals surface area contributed by atoms with Crippen LogP contribution in [0, 0.1) is 0 Å². The summed E-state index contributed by atoms with van der Waals surface area (Å²) < 4.78 is 5.26. The number of anilines is 1. The van der Waals surface area contributed by atoms with Crippen LogP contribution in [0.4, 0.5) is 16.2 Å². The van der Waals surface area contributed by atoms with Gasteiger partial charge in [0.2, 0.25) is 0 Å². The summed E-state index contributed by atoms with van der Waals surface area (Å²) in [5.74, 6) is 0. The first-order valence-corrected chi connectivity index (χ1v) is 10.8. The number of thiophene rings is 1. The fourth-order valence-electron chi connectivity index (χ4n) is 2.82. The van der Waals surface area contributed by atoms with Crippen molar-refractivity contribution < 1.29 is 9.53 Å². The first kappa shape index (κ1) is 20.5. The Bertz CT molecular complexity index is 1020. The van der Waals surface area contributed by atoms with Crippen molar-refractivity contribution in [2.75, 3.05) is 18.5 Å². The monoisotopic (exact) mass is 443 g/mol. The van der Waals surface area contributed by atoms with Gasteiger partial charge in [0.25, 0.3) is 0 Å². The summed E-state index contributed by atoms with van der Waals surface area (Å²) in [6, 6.07) is 8.95. The van der Waals surface area contributed by atoms with E-state index in [1.807, 2.05) is 11.4 Å². The molecule has 1 aromatic carbocycles. The number of amides is 2. The minimum Gasteiger partial charge on any atom is -0.403 e. The van der Waals surface area contributed by atoms with Gasteiger partial charge in [0.1, 0.15) is 0 Å². The van der Waals surface area contributed by atoms with Crippen molar-refractivity contribution in [2.24, 2.45) is 10.7 Å². The number of nitrogens with one attached hydrogen (secondary N) is 3. The number of halogens is 1. The molecule has 2 heterocycles. The highest BCUT2D eigenvalue weighted by molar-refractivity contribution is 7.11. The van der Waals surface area contributed by atoms with Crippen LogP contribution in [0.15, 0.2) is 58.2 Å². The second-order valence-electron chi connectivity index (χ2n) is 6.97. The number of benzene rings is 1. The van der Waals surface area contributed by atoms with Gasteiger partial charge in [0.15, 0.2) is 0 Å². The number of urea groups is 1. The van der Waals surface area contributed by atoms with E-state index in [0.717, 1.165) is 36.6 Å². The molecule has 2 amide bonds. The number of rotatable bonds is 7. The maximum atomic E-state index is 12.2. The molecule has 2 fully saturated rings. The number of aliphatic imine (C=N–C) groups is 1. The molecule has 1 saturated heterocycles. The van der Waals surface area contributed by atoms with Gasteiger partial charge in [-0.15, -0.1) is 11.3 Å². The predicted octanol–water partition coefficient (Wildman–Crippen LogP) is 4.22. The fourth-order valence-corrected chi connectivity index (χ4v) is 3.89. The Morgan fingerprint density at radius 1 is 1.30 bits per heavy atom. The minimum atomic E-state index is -0.454. The fraction of sp³-hybridized carbons (Fsp3) is 0.238. The van der Waals surface area contributed by atoms with Crippen LogP contribution >= 0.6 is 22.9 Å². The Kier molecular flexibility index (Phi) is 6.37. The highest BCUT2D eigenvalue weighted by Crippen LogP contribution is 2.38. The highest BCUT2D eigenvalue weighted by Gasteiger charge is 2.25. The Labute approximate surface area is 183 Å². The van der Waals surface area contributed by atoms with Crippen molar-refractivity contribution in [3.05, 3.63) is 63.1 Å². The highest BCUT2D eigenvalue weighted by atomic mass is 35.5. The first-order chi connectivity index (χ1) is 14.6. The van der Waals surface area contributed by atoms with Crippen molar-refractivity contribution in [1.29, 1.82) is 0 Å². The lowest BCUT2D eigenvalue weighted by Gasteiger charge is -2.28. The van der Waals surface area contributed by atoms with Crippen molar-refractivity contribution >= 4 is 52.3 Å². The molecule has 1 saturated carbocycles. The quantitative estimate of drug-likeness (QED) is 0.481. The number of hydrogen-bond acceptors (Lipinski definition) is 6. The zero-order valence-corrected chi connectivity index (χ0v) is 17.7. The molecule has 2 aliphatic rings. The number of nitrogens with two attached hydrogens (primary N) is 1. The van der Waals surface area contributed by atoms with Crippen LogP contribution in [-0.2, 0) is 4.74 Å². The summed E-state index contributed by atoms with van der Waals surface area (Å²) in [7, 11) is 0. The standard InChI is InChI=1S/C21H22ClN5O2S/c22-17-3-1-2-4-18(17)27-21(28)26-15(8-23)9-24-14-7-19(30-12-14)20(13-5-6-13)25-16-10-29-11-16/h1-4,7-9,12,16,25H,5-6,10-11,23H2,(H2,26,27,28)/b15-8+,24-9?. The van der Waals surface area contributed by atoms with Gasteiger partial charge >= 0.3 is 6.03 Å². The lowest BCUT2D eigenvalue weighted by molar-refractivity contribution is 0.00205. The molecule has 1 aliphatic carbocycles. The molecule has 1 aromatic heterocycles. The third-order valence-corrected chi connectivity index (χ3v) is 5.85. The van der Waals surface area contributed by atoms with E-state index in [-0.39, 0.29) is 0 Å². The second kappa shape index (κ2) is 9.34. The SMILES string of the molecule is N/C=C(\C=Nc1csc(C(NC2COC2)=C2CC2)c1)NC(=O)Nc1ccccc1Cl. The van der Waals surface area contributed by atoms with Gasteiger partial charge in [0, 0.05) is 11.6 Å². The van der Waals surface area contributed by atoms with E-state index >= 15 is 0 Å². The van der Waals surface area contributed by atoms with Crippen molar-refractivity contribution in [3.63, 3.8) is 0 Å². The molecule has 156 valence electrons.